The maximum Gasteiger partial charge on any atom is 0.401 e. The SMILES string of the molecule is COc1cc(CN(C)CC(F)(F)F)ccc1OCC(O)CN1C[C@H]2CNC[C@H]2C1.Cl.Cl. The number of methoxy groups -OCH3 is 1. The van der Waals surface area contributed by atoms with Gasteiger partial charge in [0.05, 0.1) is 13.7 Å². The average molecular weight is 490 g/mol. The molecule has 3 rings (SSSR count). The summed E-state index contributed by atoms with van der Waals surface area (Å²) in [7, 11) is 2.90. The van der Waals surface area contributed by atoms with Crippen molar-refractivity contribution in [2.24, 2.45) is 11.8 Å². The van der Waals surface area contributed by atoms with Crippen LogP contribution < -0.4 is 14.8 Å². The summed E-state index contributed by atoms with van der Waals surface area (Å²) in [5.41, 5.74) is 0.693. The summed E-state index contributed by atoms with van der Waals surface area (Å²) < 4.78 is 48.5. The zero-order chi connectivity index (χ0) is 21.0. The minimum atomic E-state index is -4.23. The van der Waals surface area contributed by atoms with Crippen LogP contribution in [0.3, 0.4) is 0 Å². The Kier molecular flexibility index (Phi) is 11.2. The number of β-amino-alcohol motifs (C(OH)–C–C–N with tert-alkyl or cyclic N) is 1. The molecular formula is C20H32Cl2F3N3O3. The van der Waals surface area contributed by atoms with Gasteiger partial charge in [0, 0.05) is 26.2 Å². The Morgan fingerprint density at radius 2 is 1.84 bits per heavy atom. The van der Waals surface area contributed by atoms with E-state index in [0.717, 1.165) is 26.2 Å². The molecule has 31 heavy (non-hydrogen) atoms. The smallest absolute Gasteiger partial charge is 0.401 e. The lowest BCUT2D eigenvalue weighted by molar-refractivity contribution is -0.144. The van der Waals surface area contributed by atoms with Gasteiger partial charge in [-0.15, -0.1) is 24.8 Å². The van der Waals surface area contributed by atoms with Crippen LogP contribution >= 0.6 is 24.8 Å². The average Bonchev–Trinajstić information content (AvgIpc) is 3.20. The maximum atomic E-state index is 12.5. The zero-order valence-electron chi connectivity index (χ0n) is 17.7. The van der Waals surface area contributed by atoms with Crippen molar-refractivity contribution in [3.8, 4) is 11.5 Å². The van der Waals surface area contributed by atoms with Crippen LogP contribution in [0.4, 0.5) is 13.2 Å². The Labute approximate surface area is 193 Å². The van der Waals surface area contributed by atoms with Crippen molar-refractivity contribution in [3.63, 3.8) is 0 Å². The summed E-state index contributed by atoms with van der Waals surface area (Å²) >= 11 is 0. The number of halogens is 5. The Morgan fingerprint density at radius 1 is 1.19 bits per heavy atom. The van der Waals surface area contributed by atoms with Gasteiger partial charge in [-0.25, -0.2) is 0 Å². The lowest BCUT2D eigenvalue weighted by atomic mass is 10.0. The van der Waals surface area contributed by atoms with Gasteiger partial charge >= 0.3 is 6.18 Å². The summed E-state index contributed by atoms with van der Waals surface area (Å²) in [5, 5.41) is 13.7. The van der Waals surface area contributed by atoms with Gasteiger partial charge in [0.1, 0.15) is 12.7 Å². The van der Waals surface area contributed by atoms with E-state index in [2.05, 4.69) is 10.2 Å². The minimum Gasteiger partial charge on any atom is -0.493 e. The first-order chi connectivity index (χ1) is 13.7. The van der Waals surface area contributed by atoms with Gasteiger partial charge in [0.25, 0.3) is 0 Å². The molecule has 0 spiro atoms. The van der Waals surface area contributed by atoms with E-state index in [1.165, 1.54) is 19.1 Å². The van der Waals surface area contributed by atoms with Crippen molar-refractivity contribution >= 4 is 24.8 Å². The molecule has 0 amide bonds. The number of aliphatic hydroxyl groups excluding tert-OH is 1. The number of benzene rings is 1. The van der Waals surface area contributed by atoms with Crippen LogP contribution in [-0.4, -0.2) is 87.2 Å². The zero-order valence-corrected chi connectivity index (χ0v) is 19.4. The molecule has 11 heteroatoms. The van der Waals surface area contributed by atoms with Crippen LogP contribution in [0.15, 0.2) is 18.2 Å². The van der Waals surface area contributed by atoms with Crippen molar-refractivity contribution in [2.75, 3.05) is 60.0 Å². The number of hydrogen-bond donors (Lipinski definition) is 2. The highest BCUT2D eigenvalue weighted by atomic mass is 35.5. The van der Waals surface area contributed by atoms with Crippen molar-refractivity contribution < 1.29 is 27.8 Å². The highest BCUT2D eigenvalue weighted by Crippen LogP contribution is 2.30. The number of aliphatic hydroxyl groups is 1. The third kappa shape index (κ3) is 8.47. The second-order valence-corrected chi connectivity index (χ2v) is 8.13. The van der Waals surface area contributed by atoms with Crippen molar-refractivity contribution in [1.82, 2.24) is 15.1 Å². The molecule has 2 heterocycles. The molecule has 1 aromatic rings. The van der Waals surface area contributed by atoms with Gasteiger partial charge in [0.15, 0.2) is 11.5 Å². The number of hydrogen-bond acceptors (Lipinski definition) is 6. The molecule has 0 aliphatic carbocycles. The molecule has 2 fully saturated rings. The Bertz CT molecular complexity index is 673. The lowest BCUT2D eigenvalue weighted by Gasteiger charge is -2.22. The van der Waals surface area contributed by atoms with E-state index >= 15 is 0 Å². The van der Waals surface area contributed by atoms with Crippen LogP contribution in [0.5, 0.6) is 11.5 Å². The first kappa shape index (κ1) is 28.1. The van der Waals surface area contributed by atoms with Crippen LogP contribution in [0.25, 0.3) is 0 Å². The lowest BCUT2D eigenvalue weighted by Crippen LogP contribution is -2.36. The van der Waals surface area contributed by atoms with Crippen LogP contribution in [0, 0.1) is 11.8 Å². The molecule has 2 N–H and O–H groups in total. The van der Waals surface area contributed by atoms with E-state index in [1.54, 1.807) is 18.2 Å². The van der Waals surface area contributed by atoms with Crippen molar-refractivity contribution in [3.05, 3.63) is 23.8 Å². The molecule has 0 radical (unpaired) electrons. The van der Waals surface area contributed by atoms with Crippen molar-refractivity contribution in [1.29, 1.82) is 0 Å². The second-order valence-electron chi connectivity index (χ2n) is 8.13. The van der Waals surface area contributed by atoms with E-state index in [0.29, 0.717) is 35.4 Å². The van der Waals surface area contributed by atoms with Crippen LogP contribution in [0.1, 0.15) is 5.56 Å². The minimum absolute atomic E-state index is 0. The summed E-state index contributed by atoms with van der Waals surface area (Å²) in [5.74, 6) is 2.26. The molecule has 1 unspecified atom stereocenters. The summed E-state index contributed by atoms with van der Waals surface area (Å²) in [6.07, 6.45) is -4.85. The molecule has 0 aromatic heterocycles. The quantitative estimate of drug-likeness (QED) is 0.555. The highest BCUT2D eigenvalue weighted by Gasteiger charge is 2.36. The third-order valence-electron chi connectivity index (χ3n) is 5.50. The fourth-order valence-corrected chi connectivity index (χ4v) is 4.24. The summed E-state index contributed by atoms with van der Waals surface area (Å²) in [6.45, 7) is 3.96. The van der Waals surface area contributed by atoms with E-state index in [-0.39, 0.29) is 38.0 Å². The molecular weight excluding hydrogens is 458 g/mol. The number of nitrogens with one attached hydrogen (secondary N) is 1. The van der Waals surface area contributed by atoms with Gasteiger partial charge in [-0.2, -0.15) is 13.2 Å². The molecule has 2 aliphatic heterocycles. The molecule has 0 bridgehead atoms. The standard InChI is InChI=1S/C20H30F3N3O3.2ClH/c1-25(13-20(21,22)23)8-14-3-4-18(19(5-14)28-2)29-12-17(27)11-26-9-15-6-24-7-16(15)10-26;;/h3-5,15-17,24,27H,6-13H2,1-2H3;2*1H/t15-,16+,17?;;. The topological polar surface area (TPSA) is 57.2 Å². The second kappa shape index (κ2) is 12.3. The highest BCUT2D eigenvalue weighted by molar-refractivity contribution is 5.85. The number of ether oxygens (including phenoxy) is 2. The number of alkyl halides is 3. The van der Waals surface area contributed by atoms with Crippen LogP contribution in [-0.2, 0) is 6.54 Å². The van der Waals surface area contributed by atoms with Gasteiger partial charge in [-0.1, -0.05) is 6.07 Å². The molecule has 6 nitrogen and oxygen atoms in total. The first-order valence-electron chi connectivity index (χ1n) is 9.89. The predicted octanol–water partition coefficient (Wildman–Crippen LogP) is 2.42. The maximum absolute atomic E-state index is 12.5. The van der Waals surface area contributed by atoms with Gasteiger partial charge < -0.3 is 19.9 Å². The predicted molar refractivity (Wildman–Crippen MR) is 118 cm³/mol. The molecule has 1 aromatic carbocycles. The summed E-state index contributed by atoms with van der Waals surface area (Å²) in [4.78, 5) is 3.47. The molecule has 180 valence electrons. The van der Waals surface area contributed by atoms with Gasteiger partial charge in [0.2, 0.25) is 0 Å². The van der Waals surface area contributed by atoms with E-state index in [9.17, 15) is 18.3 Å². The first-order valence-corrected chi connectivity index (χ1v) is 9.89. The monoisotopic (exact) mass is 489 g/mol. The molecule has 0 saturated carbocycles. The van der Waals surface area contributed by atoms with Gasteiger partial charge in [-0.05, 0) is 49.7 Å². The normalized spacial score (nSPS) is 21.9. The number of fused-ring (bicyclic) bond motifs is 1. The van der Waals surface area contributed by atoms with E-state index in [1.807, 2.05) is 0 Å². The van der Waals surface area contributed by atoms with E-state index in [4.69, 9.17) is 9.47 Å². The molecule has 3 atom stereocenters. The Morgan fingerprint density at radius 3 is 2.42 bits per heavy atom. The number of nitrogens with zero attached hydrogens (tertiary/aromatic N) is 2. The molecule has 2 saturated heterocycles. The Balaban J connectivity index is 0.00000240. The fourth-order valence-electron chi connectivity index (χ4n) is 4.24. The number of rotatable bonds is 9. The van der Waals surface area contributed by atoms with E-state index < -0.39 is 18.8 Å². The van der Waals surface area contributed by atoms with Crippen LogP contribution in [0.2, 0.25) is 0 Å². The number of likely N-dealkylation sites (tertiary alicyclic amines) is 1. The Hall–Kier alpha value is -0.970. The molecule has 2 aliphatic rings. The van der Waals surface area contributed by atoms with Crippen molar-refractivity contribution in [2.45, 2.75) is 18.8 Å². The summed E-state index contributed by atoms with van der Waals surface area (Å²) in [6, 6.07) is 5.06. The third-order valence-corrected chi connectivity index (χ3v) is 5.50. The fraction of sp³-hybridized carbons (Fsp3) is 0.700. The van der Waals surface area contributed by atoms with Gasteiger partial charge in [-0.3, -0.25) is 9.80 Å². The largest absolute Gasteiger partial charge is 0.493 e.